The topological polar surface area (TPSA) is 35.6 Å². The molecule has 0 spiro atoms. The van der Waals surface area contributed by atoms with Gasteiger partial charge in [-0.3, -0.25) is 9.69 Å². The van der Waals surface area contributed by atoms with Crippen LogP contribution in [0.3, 0.4) is 0 Å². The Morgan fingerprint density at radius 3 is 2.75 bits per heavy atom. The average Bonchev–Trinajstić information content (AvgIpc) is 2.44. The molecular weight excluding hydrogens is 274 g/mol. The molecule has 0 radical (unpaired) electrons. The summed E-state index contributed by atoms with van der Waals surface area (Å²) in [6.45, 7) is 6.57. The summed E-state index contributed by atoms with van der Waals surface area (Å²) < 4.78 is 0. The molecule has 1 aliphatic heterocycles. The Morgan fingerprint density at radius 1 is 1.40 bits per heavy atom. The summed E-state index contributed by atoms with van der Waals surface area (Å²) in [5.74, 6) is 0.201. The molecule has 0 bridgehead atoms. The summed E-state index contributed by atoms with van der Waals surface area (Å²) in [5, 5.41) is 4.03. The highest BCUT2D eigenvalue weighted by atomic mass is 35.5. The number of nitrogens with zero attached hydrogens (tertiary/aromatic N) is 2. The summed E-state index contributed by atoms with van der Waals surface area (Å²) in [7, 11) is 1.97. The van der Waals surface area contributed by atoms with E-state index in [1.54, 1.807) is 0 Å². The van der Waals surface area contributed by atoms with E-state index in [4.69, 9.17) is 11.6 Å². The largest absolute Gasteiger partial charge is 0.339 e. The third kappa shape index (κ3) is 4.20. The molecule has 1 N–H and O–H groups in total. The Hall–Kier alpha value is -1.10. The van der Waals surface area contributed by atoms with Crippen LogP contribution < -0.4 is 5.32 Å². The SMILES string of the molecule is Cc1ccc(CN(C)CC(=O)N2CCNCC2)cc1Cl. The maximum atomic E-state index is 12.2. The molecule has 1 heterocycles. The van der Waals surface area contributed by atoms with Gasteiger partial charge in [-0.05, 0) is 31.2 Å². The Balaban J connectivity index is 1.86. The lowest BCUT2D eigenvalue weighted by molar-refractivity contribution is -0.132. The molecule has 1 aliphatic rings. The number of benzene rings is 1. The van der Waals surface area contributed by atoms with Gasteiger partial charge < -0.3 is 10.2 Å². The first-order valence-electron chi connectivity index (χ1n) is 6.98. The molecule has 0 unspecified atom stereocenters. The van der Waals surface area contributed by atoms with Crippen molar-refractivity contribution in [2.24, 2.45) is 0 Å². The highest BCUT2D eigenvalue weighted by Crippen LogP contribution is 2.17. The van der Waals surface area contributed by atoms with Crippen molar-refractivity contribution in [1.82, 2.24) is 15.1 Å². The van der Waals surface area contributed by atoms with Crippen LogP contribution in [0.4, 0.5) is 0 Å². The predicted octanol–water partition coefficient (Wildman–Crippen LogP) is 1.51. The van der Waals surface area contributed by atoms with Gasteiger partial charge in [0.1, 0.15) is 0 Å². The molecule has 0 saturated carbocycles. The minimum atomic E-state index is 0.201. The molecule has 0 aromatic heterocycles. The fourth-order valence-electron chi connectivity index (χ4n) is 2.35. The van der Waals surface area contributed by atoms with Crippen LogP contribution in [0.15, 0.2) is 18.2 Å². The first kappa shape index (κ1) is 15.3. The molecule has 2 rings (SSSR count). The molecule has 110 valence electrons. The number of likely N-dealkylation sites (N-methyl/N-ethyl adjacent to an activating group) is 1. The third-order valence-corrected chi connectivity index (χ3v) is 3.97. The Labute approximate surface area is 125 Å². The zero-order valence-corrected chi connectivity index (χ0v) is 12.9. The van der Waals surface area contributed by atoms with Crippen molar-refractivity contribution in [2.75, 3.05) is 39.8 Å². The van der Waals surface area contributed by atoms with Crippen LogP contribution in [0.1, 0.15) is 11.1 Å². The molecule has 1 amide bonds. The van der Waals surface area contributed by atoms with E-state index in [-0.39, 0.29) is 5.91 Å². The molecule has 4 nitrogen and oxygen atoms in total. The van der Waals surface area contributed by atoms with Crippen LogP contribution in [0, 0.1) is 6.92 Å². The van der Waals surface area contributed by atoms with Crippen LogP contribution in [0.5, 0.6) is 0 Å². The Bertz CT molecular complexity index is 472. The van der Waals surface area contributed by atoms with E-state index in [2.05, 4.69) is 11.4 Å². The highest BCUT2D eigenvalue weighted by Gasteiger charge is 2.17. The lowest BCUT2D eigenvalue weighted by Gasteiger charge is -2.29. The van der Waals surface area contributed by atoms with Crippen LogP contribution >= 0.6 is 11.6 Å². The summed E-state index contributed by atoms with van der Waals surface area (Å²) in [6.07, 6.45) is 0. The van der Waals surface area contributed by atoms with E-state index in [1.807, 2.05) is 35.9 Å². The molecule has 20 heavy (non-hydrogen) atoms. The van der Waals surface area contributed by atoms with Gasteiger partial charge >= 0.3 is 0 Å². The first-order chi connectivity index (χ1) is 9.56. The van der Waals surface area contributed by atoms with Gasteiger partial charge in [-0.15, -0.1) is 0 Å². The normalized spacial score (nSPS) is 15.7. The second kappa shape index (κ2) is 7.07. The molecular formula is C15H22ClN3O. The van der Waals surface area contributed by atoms with Crippen molar-refractivity contribution in [3.63, 3.8) is 0 Å². The van der Waals surface area contributed by atoms with Crippen molar-refractivity contribution in [3.05, 3.63) is 34.3 Å². The molecule has 1 fully saturated rings. The fourth-order valence-corrected chi connectivity index (χ4v) is 2.55. The van der Waals surface area contributed by atoms with E-state index in [0.717, 1.165) is 48.9 Å². The number of hydrogen-bond acceptors (Lipinski definition) is 3. The fraction of sp³-hybridized carbons (Fsp3) is 0.533. The van der Waals surface area contributed by atoms with Gasteiger partial charge in [0, 0.05) is 37.7 Å². The number of piperazine rings is 1. The standard InChI is InChI=1S/C15H22ClN3O/c1-12-3-4-13(9-14(12)16)10-18(2)11-15(20)19-7-5-17-6-8-19/h3-4,9,17H,5-8,10-11H2,1-2H3. The van der Waals surface area contributed by atoms with E-state index in [9.17, 15) is 4.79 Å². The number of carbonyl (C=O) groups is 1. The zero-order chi connectivity index (χ0) is 14.5. The molecule has 1 aromatic carbocycles. The second-order valence-corrected chi connectivity index (χ2v) is 5.79. The van der Waals surface area contributed by atoms with E-state index >= 15 is 0 Å². The number of nitrogens with one attached hydrogen (secondary N) is 1. The molecule has 1 saturated heterocycles. The van der Waals surface area contributed by atoms with E-state index in [0.29, 0.717) is 6.54 Å². The van der Waals surface area contributed by atoms with Crippen molar-refractivity contribution in [2.45, 2.75) is 13.5 Å². The van der Waals surface area contributed by atoms with Crippen molar-refractivity contribution in [3.8, 4) is 0 Å². The van der Waals surface area contributed by atoms with Gasteiger partial charge in [-0.1, -0.05) is 23.7 Å². The monoisotopic (exact) mass is 295 g/mol. The van der Waals surface area contributed by atoms with Gasteiger partial charge in [0.2, 0.25) is 5.91 Å². The van der Waals surface area contributed by atoms with E-state index < -0.39 is 0 Å². The number of aryl methyl sites for hydroxylation is 1. The van der Waals surface area contributed by atoms with Crippen molar-refractivity contribution >= 4 is 17.5 Å². The Kier molecular flexibility index (Phi) is 5.40. The molecule has 1 aromatic rings. The van der Waals surface area contributed by atoms with Gasteiger partial charge in [-0.2, -0.15) is 0 Å². The molecule has 0 aliphatic carbocycles. The quantitative estimate of drug-likeness (QED) is 0.915. The third-order valence-electron chi connectivity index (χ3n) is 3.56. The van der Waals surface area contributed by atoms with Gasteiger partial charge in [-0.25, -0.2) is 0 Å². The van der Waals surface area contributed by atoms with Gasteiger partial charge in [0.25, 0.3) is 0 Å². The lowest BCUT2D eigenvalue weighted by Crippen LogP contribution is -2.49. The van der Waals surface area contributed by atoms with Gasteiger partial charge in [0.15, 0.2) is 0 Å². The second-order valence-electron chi connectivity index (χ2n) is 5.39. The molecule has 0 atom stereocenters. The zero-order valence-electron chi connectivity index (χ0n) is 12.2. The number of rotatable bonds is 4. The summed E-state index contributed by atoms with van der Waals surface area (Å²) in [6, 6.07) is 6.05. The maximum absolute atomic E-state index is 12.2. The maximum Gasteiger partial charge on any atom is 0.236 e. The number of hydrogen-bond donors (Lipinski definition) is 1. The first-order valence-corrected chi connectivity index (χ1v) is 7.36. The smallest absolute Gasteiger partial charge is 0.236 e. The highest BCUT2D eigenvalue weighted by molar-refractivity contribution is 6.31. The van der Waals surface area contributed by atoms with Crippen LogP contribution in [-0.2, 0) is 11.3 Å². The molecule has 5 heteroatoms. The van der Waals surface area contributed by atoms with Gasteiger partial charge in [0.05, 0.1) is 6.54 Å². The van der Waals surface area contributed by atoms with Crippen molar-refractivity contribution < 1.29 is 4.79 Å². The number of halogens is 1. The minimum absolute atomic E-state index is 0.201. The summed E-state index contributed by atoms with van der Waals surface area (Å²) in [5.41, 5.74) is 2.21. The lowest BCUT2D eigenvalue weighted by atomic mass is 10.1. The Morgan fingerprint density at radius 2 is 2.10 bits per heavy atom. The number of carbonyl (C=O) groups excluding carboxylic acids is 1. The summed E-state index contributed by atoms with van der Waals surface area (Å²) >= 11 is 6.12. The minimum Gasteiger partial charge on any atom is -0.339 e. The average molecular weight is 296 g/mol. The number of amides is 1. The summed E-state index contributed by atoms with van der Waals surface area (Å²) in [4.78, 5) is 16.1. The predicted molar refractivity (Wildman–Crippen MR) is 82.0 cm³/mol. The van der Waals surface area contributed by atoms with Crippen LogP contribution in [0.25, 0.3) is 0 Å². The van der Waals surface area contributed by atoms with Crippen LogP contribution in [-0.4, -0.2) is 55.5 Å². The van der Waals surface area contributed by atoms with Crippen molar-refractivity contribution in [1.29, 1.82) is 0 Å². The van der Waals surface area contributed by atoms with E-state index in [1.165, 1.54) is 0 Å². The van der Waals surface area contributed by atoms with Crippen LogP contribution in [0.2, 0.25) is 5.02 Å².